The highest BCUT2D eigenvalue weighted by Gasteiger charge is 2.34. The van der Waals surface area contributed by atoms with E-state index in [1.54, 1.807) is 7.11 Å². The number of hydrogen-bond acceptors (Lipinski definition) is 2. The third-order valence-electron chi connectivity index (χ3n) is 2.11. The van der Waals surface area contributed by atoms with Crippen LogP contribution in [0.2, 0.25) is 25.7 Å². The monoisotopic (exact) mass is 204 g/mol. The van der Waals surface area contributed by atoms with E-state index in [-0.39, 0.29) is 0 Å². The Balaban J connectivity index is 4.29. The second-order valence-electron chi connectivity index (χ2n) is 3.64. The van der Waals surface area contributed by atoms with Gasteiger partial charge in [-0.25, -0.2) is 0 Å². The van der Waals surface area contributed by atoms with Crippen LogP contribution in [-0.4, -0.2) is 24.0 Å². The van der Waals surface area contributed by atoms with Crippen LogP contribution in [0.5, 0.6) is 0 Å². The summed E-state index contributed by atoms with van der Waals surface area (Å²) >= 11 is 0. The van der Waals surface area contributed by atoms with Crippen LogP contribution in [-0.2, 0) is 8.54 Å². The summed E-state index contributed by atoms with van der Waals surface area (Å²) < 4.78 is 11.4. The molecule has 0 saturated carbocycles. The molecule has 4 heteroatoms. The topological polar surface area (TPSA) is 18.5 Å². The second kappa shape index (κ2) is 4.36. The van der Waals surface area contributed by atoms with Crippen molar-refractivity contribution in [3.63, 3.8) is 0 Å². The molecule has 0 aliphatic heterocycles. The van der Waals surface area contributed by atoms with Crippen LogP contribution in [0, 0.1) is 0 Å². The Labute approximate surface area is 78.0 Å². The van der Waals surface area contributed by atoms with E-state index >= 15 is 0 Å². The molecule has 0 N–H and O–H groups in total. The average molecular weight is 204 g/mol. The Hall–Kier alpha value is 0.0938. The fourth-order valence-corrected chi connectivity index (χ4v) is 6.59. The summed E-state index contributed by atoms with van der Waals surface area (Å²) in [7, 11) is -1.81. The van der Waals surface area contributed by atoms with E-state index < -0.39 is 16.9 Å². The highest BCUT2D eigenvalue weighted by Crippen LogP contribution is 2.18. The Morgan fingerprint density at radius 2 is 1.83 bits per heavy atom. The van der Waals surface area contributed by atoms with Crippen LogP contribution in [0.1, 0.15) is 6.92 Å². The summed E-state index contributed by atoms with van der Waals surface area (Å²) in [6, 6.07) is 1.12. The Morgan fingerprint density at radius 1 is 1.33 bits per heavy atom. The Kier molecular flexibility index (Phi) is 4.40. The third kappa shape index (κ3) is 3.66. The van der Waals surface area contributed by atoms with Crippen LogP contribution in [0.25, 0.3) is 0 Å². The molecule has 0 rings (SSSR count). The molecule has 72 valence electrons. The summed E-state index contributed by atoms with van der Waals surface area (Å²) in [5.41, 5.74) is 1.84. The molecule has 0 aromatic rings. The lowest BCUT2D eigenvalue weighted by atomic mass is 11.0. The lowest BCUT2D eigenvalue weighted by Gasteiger charge is -2.31. The van der Waals surface area contributed by atoms with Gasteiger partial charge in [0.25, 0.3) is 0 Å². The van der Waals surface area contributed by atoms with E-state index in [0.717, 1.165) is 6.04 Å². The largest absolute Gasteiger partial charge is 0.433 e. The van der Waals surface area contributed by atoms with E-state index in [1.807, 2.05) is 12.2 Å². The summed E-state index contributed by atoms with van der Waals surface area (Å²) in [5.74, 6) is 0. The van der Waals surface area contributed by atoms with Gasteiger partial charge in [0.05, 0.1) is 0 Å². The molecule has 0 bridgehead atoms. The predicted octanol–water partition coefficient (Wildman–Crippen LogP) is 2.67. The van der Waals surface area contributed by atoms with Gasteiger partial charge in [0.1, 0.15) is 0 Å². The lowest BCUT2D eigenvalue weighted by molar-refractivity contribution is 0.316. The van der Waals surface area contributed by atoms with Gasteiger partial charge in [-0.2, -0.15) is 0 Å². The maximum absolute atomic E-state index is 6.01. The van der Waals surface area contributed by atoms with E-state index in [1.165, 1.54) is 0 Å². The summed E-state index contributed by atoms with van der Waals surface area (Å²) in [6.45, 7) is 12.4. The van der Waals surface area contributed by atoms with Crippen LogP contribution < -0.4 is 0 Å². The van der Waals surface area contributed by atoms with Gasteiger partial charge in [-0.1, -0.05) is 12.6 Å². The zero-order chi connectivity index (χ0) is 9.83. The van der Waals surface area contributed by atoms with Crippen LogP contribution in [0.3, 0.4) is 0 Å². The third-order valence-corrected chi connectivity index (χ3v) is 9.19. The average Bonchev–Trinajstić information content (AvgIpc) is 2.04. The van der Waals surface area contributed by atoms with Crippen molar-refractivity contribution in [3.05, 3.63) is 12.3 Å². The molecule has 0 aromatic carbocycles. The predicted molar refractivity (Wildman–Crippen MR) is 57.9 cm³/mol. The first-order valence-corrected chi connectivity index (χ1v) is 9.79. The van der Waals surface area contributed by atoms with Crippen molar-refractivity contribution >= 4 is 16.9 Å². The van der Waals surface area contributed by atoms with Gasteiger partial charge in [-0.15, -0.1) is 6.58 Å². The van der Waals surface area contributed by atoms with Gasteiger partial charge in [0, 0.05) is 7.11 Å². The van der Waals surface area contributed by atoms with Gasteiger partial charge in [0.2, 0.25) is 0 Å². The minimum absolute atomic E-state index is 1.12. The van der Waals surface area contributed by atoms with E-state index in [2.05, 4.69) is 26.6 Å². The zero-order valence-electron chi connectivity index (χ0n) is 8.81. The highest BCUT2D eigenvalue weighted by molar-refractivity contribution is 6.84. The van der Waals surface area contributed by atoms with Crippen molar-refractivity contribution in [1.29, 1.82) is 0 Å². The van der Waals surface area contributed by atoms with Gasteiger partial charge in [0.15, 0.2) is 8.32 Å². The first-order valence-electron chi connectivity index (χ1n) is 4.28. The molecule has 1 unspecified atom stereocenters. The lowest BCUT2D eigenvalue weighted by Crippen LogP contribution is -2.46. The second-order valence-corrected chi connectivity index (χ2v) is 11.5. The zero-order valence-corrected chi connectivity index (χ0v) is 10.8. The van der Waals surface area contributed by atoms with Gasteiger partial charge in [-0.05, 0) is 25.7 Å². The molecule has 0 aromatic heterocycles. The summed E-state index contributed by atoms with van der Waals surface area (Å²) in [4.78, 5) is 0. The molecule has 0 aliphatic carbocycles. The fourth-order valence-electron chi connectivity index (χ4n) is 0.787. The maximum Gasteiger partial charge on any atom is 0.350 e. The minimum Gasteiger partial charge on any atom is -0.433 e. The summed E-state index contributed by atoms with van der Waals surface area (Å²) in [6.07, 6.45) is 0. The molecule has 0 radical (unpaired) electrons. The molecule has 0 heterocycles. The molecular formula is C8H20O2Si2. The number of hydrogen-bond donors (Lipinski definition) is 0. The van der Waals surface area contributed by atoms with E-state index in [0.29, 0.717) is 0 Å². The Morgan fingerprint density at radius 3 is 2.08 bits per heavy atom. The van der Waals surface area contributed by atoms with Crippen molar-refractivity contribution in [2.45, 2.75) is 32.6 Å². The molecule has 1 atom stereocenters. The van der Waals surface area contributed by atoms with Crippen LogP contribution >= 0.6 is 0 Å². The smallest absolute Gasteiger partial charge is 0.350 e. The molecule has 0 spiro atoms. The van der Waals surface area contributed by atoms with Crippen LogP contribution in [0.15, 0.2) is 12.3 Å². The van der Waals surface area contributed by atoms with Crippen molar-refractivity contribution < 1.29 is 8.54 Å². The number of rotatable bonds is 5. The van der Waals surface area contributed by atoms with Crippen molar-refractivity contribution in [2.24, 2.45) is 0 Å². The van der Waals surface area contributed by atoms with Crippen molar-refractivity contribution in [1.82, 2.24) is 0 Å². The van der Waals surface area contributed by atoms with Crippen LogP contribution in [0.4, 0.5) is 0 Å². The SMILES string of the molecule is C=C[Si](C)(OC)O[Si](C)(C)CC. The summed E-state index contributed by atoms with van der Waals surface area (Å²) in [5, 5.41) is 0. The quantitative estimate of drug-likeness (QED) is 0.641. The minimum atomic E-state index is -2.03. The van der Waals surface area contributed by atoms with Crippen molar-refractivity contribution in [3.8, 4) is 0 Å². The molecule has 0 amide bonds. The molecule has 0 saturated heterocycles. The first-order chi connectivity index (χ1) is 5.39. The Bertz CT molecular complexity index is 159. The molecule has 0 aliphatic rings. The fraction of sp³-hybridized carbons (Fsp3) is 0.750. The standard InChI is InChI=1S/C8H20O2Si2/c1-7-11(4,5)10-12(6,8-2)9-3/h8H,2,7H2,1,3-6H3. The van der Waals surface area contributed by atoms with E-state index in [9.17, 15) is 0 Å². The molecule has 2 nitrogen and oxygen atoms in total. The first kappa shape index (κ1) is 12.1. The molecule has 12 heavy (non-hydrogen) atoms. The van der Waals surface area contributed by atoms with Crippen molar-refractivity contribution in [2.75, 3.05) is 7.11 Å². The highest BCUT2D eigenvalue weighted by atomic mass is 28.4. The van der Waals surface area contributed by atoms with E-state index in [4.69, 9.17) is 8.54 Å². The normalized spacial score (nSPS) is 17.1. The van der Waals surface area contributed by atoms with Gasteiger partial charge in [-0.3, -0.25) is 0 Å². The molecule has 0 fully saturated rings. The van der Waals surface area contributed by atoms with Gasteiger partial charge >= 0.3 is 8.56 Å². The van der Waals surface area contributed by atoms with Gasteiger partial charge < -0.3 is 8.54 Å². The maximum atomic E-state index is 6.01. The molecular weight excluding hydrogens is 184 g/mol.